The highest BCUT2D eigenvalue weighted by Crippen LogP contribution is 2.24. The first-order valence-corrected chi connectivity index (χ1v) is 10.2. The van der Waals surface area contributed by atoms with Crippen LogP contribution in [0.1, 0.15) is 18.9 Å². The van der Waals surface area contributed by atoms with E-state index in [1.807, 2.05) is 26.0 Å². The molecule has 2 rings (SSSR count). The first kappa shape index (κ1) is 19.8. The number of nitrogens with one attached hydrogen (secondary N) is 1. The number of nitrogens with zero attached hydrogens (tertiary/aromatic N) is 1. The number of benzene rings is 2. The van der Waals surface area contributed by atoms with Crippen LogP contribution in [0.2, 0.25) is 0 Å². The minimum absolute atomic E-state index is 0.0292. The van der Waals surface area contributed by atoms with Crippen molar-refractivity contribution in [3.63, 3.8) is 0 Å². The maximum Gasteiger partial charge on any atom is 0.232 e. The number of sulfonamides is 1. The summed E-state index contributed by atoms with van der Waals surface area (Å²) in [7, 11) is -3.49. The number of amides is 1. The van der Waals surface area contributed by atoms with E-state index in [1.54, 1.807) is 36.4 Å². The van der Waals surface area contributed by atoms with Gasteiger partial charge < -0.3 is 10.1 Å². The molecule has 140 valence electrons. The van der Waals surface area contributed by atoms with Crippen LogP contribution in [-0.2, 0) is 14.8 Å². The van der Waals surface area contributed by atoms with Crippen molar-refractivity contribution in [3.8, 4) is 5.75 Å². The quantitative estimate of drug-likeness (QED) is 0.768. The molecule has 7 heteroatoms. The fourth-order valence-corrected chi connectivity index (χ4v) is 3.46. The third-order valence-corrected chi connectivity index (χ3v) is 4.89. The molecule has 0 aliphatic heterocycles. The molecule has 1 amide bonds. The smallest absolute Gasteiger partial charge is 0.232 e. The SMILES string of the molecule is CCOc1ccccc1NC(=O)CCN(c1cccc(C)c1)S(C)(=O)=O. The highest BCUT2D eigenvalue weighted by molar-refractivity contribution is 7.92. The highest BCUT2D eigenvalue weighted by atomic mass is 32.2. The summed E-state index contributed by atoms with van der Waals surface area (Å²) in [5, 5.41) is 2.78. The van der Waals surface area contributed by atoms with Gasteiger partial charge in [-0.25, -0.2) is 8.42 Å². The summed E-state index contributed by atoms with van der Waals surface area (Å²) in [5.41, 5.74) is 2.07. The summed E-state index contributed by atoms with van der Waals surface area (Å²) < 4.78 is 31.0. The van der Waals surface area contributed by atoms with Gasteiger partial charge >= 0.3 is 0 Å². The van der Waals surface area contributed by atoms with Gasteiger partial charge in [0.05, 0.1) is 24.2 Å². The molecule has 0 heterocycles. The van der Waals surface area contributed by atoms with E-state index in [2.05, 4.69) is 5.32 Å². The molecule has 0 fully saturated rings. The van der Waals surface area contributed by atoms with Gasteiger partial charge in [-0.15, -0.1) is 0 Å². The van der Waals surface area contributed by atoms with Crippen molar-refractivity contribution < 1.29 is 17.9 Å². The maximum atomic E-state index is 12.3. The van der Waals surface area contributed by atoms with Crippen molar-refractivity contribution in [2.45, 2.75) is 20.3 Å². The summed E-state index contributed by atoms with van der Waals surface area (Å²) in [6, 6.07) is 14.3. The Morgan fingerprint density at radius 2 is 1.88 bits per heavy atom. The fraction of sp³-hybridized carbons (Fsp3) is 0.316. The Labute approximate surface area is 154 Å². The van der Waals surface area contributed by atoms with Crippen LogP contribution >= 0.6 is 0 Å². The van der Waals surface area contributed by atoms with Gasteiger partial charge in [0.15, 0.2) is 0 Å². The second kappa shape index (κ2) is 8.71. The summed E-state index contributed by atoms with van der Waals surface area (Å²) >= 11 is 0. The van der Waals surface area contributed by atoms with Crippen LogP contribution in [0.3, 0.4) is 0 Å². The van der Waals surface area contributed by atoms with Gasteiger partial charge in [-0.05, 0) is 43.7 Å². The Bertz CT molecular complexity index is 865. The van der Waals surface area contributed by atoms with E-state index in [0.717, 1.165) is 11.8 Å². The Morgan fingerprint density at radius 1 is 1.15 bits per heavy atom. The topological polar surface area (TPSA) is 75.7 Å². The van der Waals surface area contributed by atoms with Gasteiger partial charge in [-0.1, -0.05) is 24.3 Å². The van der Waals surface area contributed by atoms with Gasteiger partial charge in [0.1, 0.15) is 5.75 Å². The average Bonchev–Trinajstić information content (AvgIpc) is 2.56. The molecule has 0 saturated heterocycles. The molecule has 0 aliphatic rings. The first-order chi connectivity index (χ1) is 12.3. The molecular weight excluding hydrogens is 352 g/mol. The van der Waals surface area contributed by atoms with Crippen molar-refractivity contribution in [2.24, 2.45) is 0 Å². The van der Waals surface area contributed by atoms with E-state index >= 15 is 0 Å². The summed E-state index contributed by atoms with van der Waals surface area (Å²) in [4.78, 5) is 12.3. The van der Waals surface area contributed by atoms with E-state index in [0.29, 0.717) is 23.7 Å². The fourth-order valence-electron chi connectivity index (χ4n) is 2.54. The molecule has 0 saturated carbocycles. The number of hydrogen-bond donors (Lipinski definition) is 1. The Hall–Kier alpha value is -2.54. The molecular formula is C19H24N2O4S. The van der Waals surface area contributed by atoms with Crippen molar-refractivity contribution in [3.05, 3.63) is 54.1 Å². The predicted molar refractivity (Wildman–Crippen MR) is 104 cm³/mol. The van der Waals surface area contributed by atoms with E-state index in [1.165, 1.54) is 4.31 Å². The highest BCUT2D eigenvalue weighted by Gasteiger charge is 2.19. The number of rotatable bonds is 8. The Balaban J connectivity index is 2.08. The van der Waals surface area contributed by atoms with Gasteiger partial charge in [0.25, 0.3) is 0 Å². The number of anilines is 2. The number of aryl methyl sites for hydroxylation is 1. The molecule has 1 N–H and O–H groups in total. The summed E-state index contributed by atoms with van der Waals surface area (Å²) in [6.45, 7) is 4.30. The molecule has 0 aliphatic carbocycles. The lowest BCUT2D eigenvalue weighted by Crippen LogP contribution is -2.33. The van der Waals surface area contributed by atoms with Crippen LogP contribution in [0.5, 0.6) is 5.75 Å². The van der Waals surface area contributed by atoms with Crippen LogP contribution in [0, 0.1) is 6.92 Å². The molecule has 0 bridgehead atoms. The maximum absolute atomic E-state index is 12.3. The standard InChI is InChI=1S/C19H24N2O4S/c1-4-25-18-11-6-5-10-17(18)20-19(22)12-13-21(26(3,23)24)16-9-7-8-15(2)14-16/h5-11,14H,4,12-13H2,1-3H3,(H,20,22). The zero-order chi connectivity index (χ0) is 19.2. The minimum atomic E-state index is -3.49. The van der Waals surface area contributed by atoms with Crippen molar-refractivity contribution in [1.29, 1.82) is 0 Å². The summed E-state index contributed by atoms with van der Waals surface area (Å²) in [5.74, 6) is 0.306. The first-order valence-electron chi connectivity index (χ1n) is 8.37. The normalized spacial score (nSPS) is 11.0. The number of carbonyl (C=O) groups is 1. The third-order valence-electron chi connectivity index (χ3n) is 3.69. The van der Waals surface area contributed by atoms with E-state index < -0.39 is 10.0 Å². The van der Waals surface area contributed by atoms with Crippen LogP contribution in [0.15, 0.2) is 48.5 Å². The lowest BCUT2D eigenvalue weighted by Gasteiger charge is -2.22. The van der Waals surface area contributed by atoms with Crippen LogP contribution < -0.4 is 14.4 Å². The number of carbonyl (C=O) groups excluding carboxylic acids is 1. The Kier molecular flexibility index (Phi) is 6.63. The van der Waals surface area contributed by atoms with E-state index in [-0.39, 0.29) is 18.9 Å². The zero-order valence-electron chi connectivity index (χ0n) is 15.2. The molecule has 6 nitrogen and oxygen atoms in total. The molecule has 2 aromatic rings. The summed E-state index contributed by atoms with van der Waals surface area (Å²) in [6.07, 6.45) is 1.17. The second-order valence-electron chi connectivity index (χ2n) is 5.90. The van der Waals surface area contributed by atoms with E-state index in [4.69, 9.17) is 4.74 Å². The predicted octanol–water partition coefficient (Wildman–Crippen LogP) is 3.19. The molecule has 0 aromatic heterocycles. The lowest BCUT2D eigenvalue weighted by molar-refractivity contribution is -0.116. The number of hydrogen-bond acceptors (Lipinski definition) is 4. The van der Waals surface area contributed by atoms with Gasteiger partial charge in [0, 0.05) is 13.0 Å². The number of para-hydroxylation sites is 2. The zero-order valence-corrected chi connectivity index (χ0v) is 16.0. The van der Waals surface area contributed by atoms with Gasteiger partial charge in [-0.2, -0.15) is 0 Å². The average molecular weight is 376 g/mol. The molecule has 26 heavy (non-hydrogen) atoms. The van der Waals surface area contributed by atoms with E-state index in [9.17, 15) is 13.2 Å². The second-order valence-corrected chi connectivity index (χ2v) is 7.81. The van der Waals surface area contributed by atoms with Crippen molar-refractivity contribution in [1.82, 2.24) is 0 Å². The van der Waals surface area contributed by atoms with Crippen LogP contribution in [-0.4, -0.2) is 33.7 Å². The van der Waals surface area contributed by atoms with Crippen LogP contribution in [0.4, 0.5) is 11.4 Å². The largest absolute Gasteiger partial charge is 0.492 e. The van der Waals surface area contributed by atoms with Gasteiger partial charge in [-0.3, -0.25) is 9.10 Å². The molecule has 2 aromatic carbocycles. The van der Waals surface area contributed by atoms with Crippen molar-refractivity contribution >= 4 is 27.3 Å². The molecule has 0 unspecified atom stereocenters. The molecule has 0 spiro atoms. The molecule has 0 radical (unpaired) electrons. The lowest BCUT2D eigenvalue weighted by atomic mass is 10.2. The molecule has 0 atom stereocenters. The number of ether oxygens (including phenoxy) is 1. The third kappa shape index (κ3) is 5.49. The Morgan fingerprint density at radius 3 is 2.54 bits per heavy atom. The minimum Gasteiger partial charge on any atom is -0.492 e. The van der Waals surface area contributed by atoms with Crippen LogP contribution in [0.25, 0.3) is 0 Å². The monoisotopic (exact) mass is 376 g/mol. The van der Waals surface area contributed by atoms with Crippen molar-refractivity contribution in [2.75, 3.05) is 29.0 Å². The van der Waals surface area contributed by atoms with Gasteiger partial charge in [0.2, 0.25) is 15.9 Å².